The van der Waals surface area contributed by atoms with Crippen molar-refractivity contribution in [2.45, 2.75) is 11.7 Å². The predicted octanol–water partition coefficient (Wildman–Crippen LogP) is 0.754. The fourth-order valence-electron chi connectivity index (χ4n) is 1.83. The fourth-order valence-corrected chi connectivity index (χ4v) is 2.82. The standard InChI is InChI=1S/C13H14N2O4S/c16-7-6-14-11(17)8-10-12(18)15(13(19)20-10)9-4-2-1-3-5-9/h1-5,10,16H,6-8H2,(H,14,17). The van der Waals surface area contributed by atoms with E-state index in [0.29, 0.717) is 5.69 Å². The highest BCUT2D eigenvalue weighted by molar-refractivity contribution is 8.15. The number of anilines is 1. The lowest BCUT2D eigenvalue weighted by molar-refractivity contribution is -0.124. The Balaban J connectivity index is 2.04. The van der Waals surface area contributed by atoms with Gasteiger partial charge in [-0.05, 0) is 23.9 Å². The molecule has 7 heteroatoms. The van der Waals surface area contributed by atoms with Gasteiger partial charge in [-0.25, -0.2) is 4.90 Å². The topological polar surface area (TPSA) is 86.7 Å². The van der Waals surface area contributed by atoms with E-state index >= 15 is 0 Å². The summed E-state index contributed by atoms with van der Waals surface area (Å²) >= 11 is 0.853. The monoisotopic (exact) mass is 294 g/mol. The molecule has 106 valence electrons. The van der Waals surface area contributed by atoms with Gasteiger partial charge in [-0.3, -0.25) is 14.4 Å². The number of rotatable bonds is 5. The molecule has 2 N–H and O–H groups in total. The Labute approximate surface area is 120 Å². The fraction of sp³-hybridized carbons (Fsp3) is 0.308. The van der Waals surface area contributed by atoms with Gasteiger partial charge in [-0.15, -0.1) is 0 Å². The highest BCUT2D eigenvalue weighted by atomic mass is 32.2. The summed E-state index contributed by atoms with van der Waals surface area (Å²) in [6.45, 7) is -0.0205. The van der Waals surface area contributed by atoms with E-state index in [0.717, 1.165) is 16.7 Å². The van der Waals surface area contributed by atoms with Crippen molar-refractivity contribution >= 4 is 34.5 Å². The van der Waals surface area contributed by atoms with Gasteiger partial charge in [0.2, 0.25) is 11.8 Å². The van der Waals surface area contributed by atoms with E-state index in [9.17, 15) is 14.4 Å². The molecule has 1 aromatic rings. The summed E-state index contributed by atoms with van der Waals surface area (Å²) < 4.78 is 0. The van der Waals surface area contributed by atoms with Gasteiger partial charge in [0, 0.05) is 13.0 Å². The van der Waals surface area contributed by atoms with Crippen LogP contribution in [0.2, 0.25) is 0 Å². The van der Waals surface area contributed by atoms with E-state index < -0.39 is 5.25 Å². The number of aliphatic hydroxyl groups excluding tert-OH is 1. The molecule has 1 saturated heterocycles. The third-order valence-corrected chi connectivity index (χ3v) is 3.78. The van der Waals surface area contributed by atoms with Crippen LogP contribution in [0.1, 0.15) is 6.42 Å². The first-order valence-corrected chi connectivity index (χ1v) is 6.98. The van der Waals surface area contributed by atoms with Gasteiger partial charge < -0.3 is 10.4 Å². The Morgan fingerprint density at radius 2 is 2.00 bits per heavy atom. The average molecular weight is 294 g/mol. The molecule has 1 aliphatic heterocycles. The summed E-state index contributed by atoms with van der Waals surface area (Å²) in [5.41, 5.74) is 0.508. The number of amides is 3. The lowest BCUT2D eigenvalue weighted by Crippen LogP contribution is -2.35. The number of benzene rings is 1. The van der Waals surface area contributed by atoms with Crippen LogP contribution in [0, 0.1) is 0 Å². The van der Waals surface area contributed by atoms with Gasteiger partial charge in [0.1, 0.15) is 5.25 Å². The Kier molecular flexibility index (Phi) is 4.75. The van der Waals surface area contributed by atoms with Crippen LogP contribution in [0.3, 0.4) is 0 Å². The van der Waals surface area contributed by atoms with Gasteiger partial charge in [-0.2, -0.15) is 0 Å². The molecule has 1 unspecified atom stereocenters. The van der Waals surface area contributed by atoms with Crippen molar-refractivity contribution in [2.75, 3.05) is 18.1 Å². The van der Waals surface area contributed by atoms with E-state index in [1.165, 1.54) is 0 Å². The minimum absolute atomic E-state index is 0.0709. The molecule has 1 heterocycles. The van der Waals surface area contributed by atoms with Crippen molar-refractivity contribution in [3.63, 3.8) is 0 Å². The zero-order chi connectivity index (χ0) is 14.5. The number of hydrogen-bond acceptors (Lipinski definition) is 5. The Morgan fingerprint density at radius 3 is 2.65 bits per heavy atom. The van der Waals surface area contributed by atoms with E-state index in [2.05, 4.69) is 5.32 Å². The highest BCUT2D eigenvalue weighted by Gasteiger charge is 2.41. The minimum Gasteiger partial charge on any atom is -0.395 e. The van der Waals surface area contributed by atoms with Crippen LogP contribution < -0.4 is 10.2 Å². The van der Waals surface area contributed by atoms with Gasteiger partial charge in [-0.1, -0.05) is 18.2 Å². The number of aliphatic hydroxyl groups is 1. The summed E-state index contributed by atoms with van der Waals surface area (Å²) in [5, 5.41) is 10.00. The Morgan fingerprint density at radius 1 is 1.30 bits per heavy atom. The number of hydrogen-bond donors (Lipinski definition) is 2. The first kappa shape index (κ1) is 14.5. The molecule has 0 aliphatic carbocycles. The zero-order valence-corrected chi connectivity index (χ0v) is 11.4. The van der Waals surface area contributed by atoms with E-state index in [1.54, 1.807) is 30.3 Å². The van der Waals surface area contributed by atoms with Crippen LogP contribution in [-0.4, -0.2) is 40.6 Å². The van der Waals surface area contributed by atoms with Crippen molar-refractivity contribution in [3.8, 4) is 0 Å². The van der Waals surface area contributed by atoms with Crippen LogP contribution in [0.15, 0.2) is 30.3 Å². The Bertz CT molecular complexity index is 520. The van der Waals surface area contributed by atoms with Gasteiger partial charge in [0.15, 0.2) is 0 Å². The molecule has 3 amide bonds. The molecule has 1 atom stereocenters. The van der Waals surface area contributed by atoms with Gasteiger partial charge in [0.25, 0.3) is 5.24 Å². The molecule has 1 fully saturated rings. The number of nitrogens with zero attached hydrogens (tertiary/aromatic N) is 1. The summed E-state index contributed by atoms with van der Waals surface area (Å²) in [6, 6.07) is 8.61. The molecule has 20 heavy (non-hydrogen) atoms. The summed E-state index contributed by atoms with van der Waals surface area (Å²) in [7, 11) is 0. The summed E-state index contributed by atoms with van der Waals surface area (Å²) in [4.78, 5) is 36.7. The normalized spacial score (nSPS) is 18.4. The second-order valence-electron chi connectivity index (χ2n) is 4.16. The molecule has 0 radical (unpaired) electrons. The van der Waals surface area contributed by atoms with Crippen LogP contribution in [0.5, 0.6) is 0 Å². The molecule has 6 nitrogen and oxygen atoms in total. The molecule has 1 aromatic carbocycles. The number of thioether (sulfide) groups is 1. The zero-order valence-electron chi connectivity index (χ0n) is 10.6. The SMILES string of the molecule is O=C(CC1SC(=O)N(c2ccccc2)C1=O)NCCO. The smallest absolute Gasteiger partial charge is 0.293 e. The highest BCUT2D eigenvalue weighted by Crippen LogP contribution is 2.33. The van der Waals surface area contributed by atoms with E-state index in [-0.39, 0.29) is 36.6 Å². The molecular weight excluding hydrogens is 280 g/mol. The number of carbonyl (C=O) groups is 3. The van der Waals surface area contributed by atoms with Crippen molar-refractivity contribution in [1.82, 2.24) is 5.32 Å². The molecule has 0 aromatic heterocycles. The second kappa shape index (κ2) is 6.53. The maximum absolute atomic E-state index is 12.2. The second-order valence-corrected chi connectivity index (χ2v) is 5.31. The number of nitrogens with one attached hydrogen (secondary N) is 1. The molecule has 0 saturated carbocycles. The third kappa shape index (κ3) is 3.17. The molecule has 2 rings (SSSR count). The first-order chi connectivity index (χ1) is 9.63. The van der Waals surface area contributed by atoms with Crippen molar-refractivity contribution < 1.29 is 19.5 Å². The number of imide groups is 1. The lowest BCUT2D eigenvalue weighted by atomic mass is 10.2. The molecule has 0 spiro atoms. The molecule has 0 bridgehead atoms. The number of para-hydroxylation sites is 1. The number of carbonyl (C=O) groups excluding carboxylic acids is 3. The lowest BCUT2D eigenvalue weighted by Gasteiger charge is -2.13. The third-order valence-electron chi connectivity index (χ3n) is 2.74. The molecular formula is C13H14N2O4S. The van der Waals surface area contributed by atoms with E-state index in [1.807, 2.05) is 0 Å². The Hall–Kier alpha value is -1.86. The van der Waals surface area contributed by atoms with Crippen molar-refractivity contribution in [1.29, 1.82) is 0 Å². The van der Waals surface area contributed by atoms with Gasteiger partial charge in [0.05, 0.1) is 12.3 Å². The van der Waals surface area contributed by atoms with Crippen LogP contribution >= 0.6 is 11.8 Å². The first-order valence-electron chi connectivity index (χ1n) is 6.10. The van der Waals surface area contributed by atoms with Crippen LogP contribution in [-0.2, 0) is 9.59 Å². The summed E-state index contributed by atoms with van der Waals surface area (Å²) in [6.07, 6.45) is -0.0709. The average Bonchev–Trinajstić information content (AvgIpc) is 2.72. The minimum atomic E-state index is -0.707. The van der Waals surface area contributed by atoms with Crippen LogP contribution in [0.25, 0.3) is 0 Å². The van der Waals surface area contributed by atoms with Gasteiger partial charge >= 0.3 is 0 Å². The van der Waals surface area contributed by atoms with Crippen molar-refractivity contribution in [3.05, 3.63) is 30.3 Å². The maximum atomic E-state index is 12.2. The van der Waals surface area contributed by atoms with Crippen molar-refractivity contribution in [2.24, 2.45) is 0 Å². The largest absolute Gasteiger partial charge is 0.395 e. The summed E-state index contributed by atoms with van der Waals surface area (Å²) in [5.74, 6) is -0.738. The predicted molar refractivity (Wildman–Crippen MR) is 75.4 cm³/mol. The van der Waals surface area contributed by atoms with E-state index in [4.69, 9.17) is 5.11 Å². The molecule has 1 aliphatic rings. The quantitative estimate of drug-likeness (QED) is 0.837. The van der Waals surface area contributed by atoms with Crippen LogP contribution in [0.4, 0.5) is 10.5 Å². The maximum Gasteiger partial charge on any atom is 0.293 e.